The molecule has 0 spiro atoms. The summed E-state index contributed by atoms with van der Waals surface area (Å²) in [5.74, 6) is 1.02. The summed E-state index contributed by atoms with van der Waals surface area (Å²) in [4.78, 5) is 13.6. The maximum atomic E-state index is 11.4. The van der Waals surface area contributed by atoms with Gasteiger partial charge in [-0.2, -0.15) is 0 Å². The van der Waals surface area contributed by atoms with Crippen molar-refractivity contribution >= 4 is 5.97 Å². The number of esters is 1. The van der Waals surface area contributed by atoms with Gasteiger partial charge in [0.25, 0.3) is 0 Å². The molecular weight excluding hydrogens is 240 g/mol. The van der Waals surface area contributed by atoms with Crippen LogP contribution in [0.25, 0.3) is 0 Å². The van der Waals surface area contributed by atoms with Crippen LogP contribution in [0, 0.1) is 17.3 Å². The van der Waals surface area contributed by atoms with Gasteiger partial charge in [0.05, 0.1) is 13.7 Å². The van der Waals surface area contributed by atoms with Gasteiger partial charge in [-0.1, -0.05) is 20.8 Å². The van der Waals surface area contributed by atoms with E-state index in [0.717, 1.165) is 12.8 Å². The van der Waals surface area contributed by atoms with E-state index in [1.165, 1.54) is 13.5 Å². The third-order valence-corrected chi connectivity index (χ3v) is 4.66. The van der Waals surface area contributed by atoms with Crippen LogP contribution >= 0.6 is 0 Å². The first-order valence-corrected chi connectivity index (χ1v) is 7.26. The molecule has 4 nitrogen and oxygen atoms in total. The van der Waals surface area contributed by atoms with E-state index in [2.05, 4.69) is 25.7 Å². The van der Waals surface area contributed by atoms with Crippen molar-refractivity contribution in [2.75, 3.05) is 27.2 Å². The van der Waals surface area contributed by atoms with E-state index in [-0.39, 0.29) is 5.97 Å². The SMILES string of the molecule is COC(=O)CN(C)C1CC(C(C)(C)C)CCC1CN. The minimum atomic E-state index is -0.170. The second kappa shape index (κ2) is 6.71. The molecule has 1 rings (SSSR count). The van der Waals surface area contributed by atoms with Gasteiger partial charge in [0.2, 0.25) is 0 Å². The number of likely N-dealkylation sites (N-methyl/N-ethyl adjacent to an activating group) is 1. The summed E-state index contributed by atoms with van der Waals surface area (Å²) in [6.45, 7) is 7.97. The molecule has 0 radical (unpaired) electrons. The molecule has 19 heavy (non-hydrogen) atoms. The van der Waals surface area contributed by atoms with E-state index >= 15 is 0 Å². The van der Waals surface area contributed by atoms with Crippen molar-refractivity contribution in [2.24, 2.45) is 23.0 Å². The quantitative estimate of drug-likeness (QED) is 0.793. The van der Waals surface area contributed by atoms with Crippen LogP contribution < -0.4 is 5.73 Å². The van der Waals surface area contributed by atoms with Crippen molar-refractivity contribution in [3.63, 3.8) is 0 Å². The maximum Gasteiger partial charge on any atom is 0.319 e. The second-order valence-corrected chi connectivity index (χ2v) is 6.93. The number of carbonyl (C=O) groups excluding carboxylic acids is 1. The summed E-state index contributed by atoms with van der Waals surface area (Å²) in [6, 6.07) is 0.391. The lowest BCUT2D eigenvalue weighted by molar-refractivity contribution is -0.142. The zero-order valence-corrected chi connectivity index (χ0v) is 13.1. The molecule has 1 aliphatic rings. The molecular formula is C15H30N2O2. The molecule has 1 fully saturated rings. The number of ether oxygens (including phenoxy) is 1. The number of rotatable bonds is 4. The Balaban J connectivity index is 2.72. The Morgan fingerprint density at radius 1 is 1.37 bits per heavy atom. The molecule has 0 saturated heterocycles. The van der Waals surface area contributed by atoms with Gasteiger partial charge in [-0.05, 0) is 50.1 Å². The second-order valence-electron chi connectivity index (χ2n) is 6.93. The van der Waals surface area contributed by atoms with Crippen molar-refractivity contribution in [1.82, 2.24) is 4.90 Å². The van der Waals surface area contributed by atoms with Crippen LogP contribution in [0.4, 0.5) is 0 Å². The largest absolute Gasteiger partial charge is 0.468 e. The summed E-state index contributed by atoms with van der Waals surface area (Å²) in [6.07, 6.45) is 3.53. The van der Waals surface area contributed by atoms with Crippen LogP contribution in [0.2, 0.25) is 0 Å². The number of nitrogens with two attached hydrogens (primary N) is 1. The van der Waals surface area contributed by atoms with Gasteiger partial charge in [-0.3, -0.25) is 9.69 Å². The number of methoxy groups -OCH3 is 1. The molecule has 0 amide bonds. The molecule has 4 heteroatoms. The van der Waals surface area contributed by atoms with Gasteiger partial charge >= 0.3 is 5.97 Å². The first-order chi connectivity index (χ1) is 8.79. The smallest absolute Gasteiger partial charge is 0.319 e. The topological polar surface area (TPSA) is 55.6 Å². The fourth-order valence-electron chi connectivity index (χ4n) is 3.20. The Bertz CT molecular complexity index is 299. The molecule has 0 aromatic carbocycles. The Kier molecular flexibility index (Phi) is 5.81. The lowest BCUT2D eigenvalue weighted by Gasteiger charge is -2.44. The molecule has 0 heterocycles. The third-order valence-electron chi connectivity index (χ3n) is 4.66. The summed E-state index contributed by atoms with van der Waals surface area (Å²) in [5, 5.41) is 0. The predicted octanol–water partition coefficient (Wildman–Crippen LogP) is 1.88. The van der Waals surface area contributed by atoms with Crippen LogP contribution in [-0.4, -0.2) is 44.2 Å². The number of nitrogens with zero attached hydrogens (tertiary/aromatic N) is 1. The van der Waals surface area contributed by atoms with Crippen LogP contribution in [0.1, 0.15) is 40.0 Å². The highest BCUT2D eigenvalue weighted by Gasteiger charge is 2.37. The van der Waals surface area contributed by atoms with Crippen molar-refractivity contribution in [3.8, 4) is 0 Å². The lowest BCUT2D eigenvalue weighted by Crippen LogP contribution is -2.48. The fourth-order valence-corrected chi connectivity index (χ4v) is 3.20. The van der Waals surface area contributed by atoms with Crippen molar-refractivity contribution in [3.05, 3.63) is 0 Å². The zero-order chi connectivity index (χ0) is 14.6. The fraction of sp³-hybridized carbons (Fsp3) is 0.933. The average Bonchev–Trinajstić information content (AvgIpc) is 2.36. The number of carbonyl (C=O) groups is 1. The number of hydrogen-bond donors (Lipinski definition) is 1. The normalized spacial score (nSPS) is 28.5. The van der Waals surface area contributed by atoms with Gasteiger partial charge in [-0.25, -0.2) is 0 Å². The standard InChI is InChI=1S/C15H30N2O2/c1-15(2,3)12-7-6-11(9-16)13(8-12)17(4)10-14(18)19-5/h11-13H,6-10,16H2,1-5H3. The van der Waals surface area contributed by atoms with E-state index in [4.69, 9.17) is 10.5 Å². The molecule has 3 unspecified atom stereocenters. The van der Waals surface area contributed by atoms with E-state index in [0.29, 0.717) is 36.4 Å². The Morgan fingerprint density at radius 3 is 2.47 bits per heavy atom. The first-order valence-electron chi connectivity index (χ1n) is 7.26. The van der Waals surface area contributed by atoms with E-state index in [9.17, 15) is 4.79 Å². The van der Waals surface area contributed by atoms with Crippen LogP contribution in [0.15, 0.2) is 0 Å². The van der Waals surface area contributed by atoms with Gasteiger partial charge in [0.1, 0.15) is 0 Å². The molecule has 0 aromatic rings. The van der Waals surface area contributed by atoms with Gasteiger partial charge in [0.15, 0.2) is 0 Å². The Hall–Kier alpha value is -0.610. The van der Waals surface area contributed by atoms with Crippen LogP contribution in [-0.2, 0) is 9.53 Å². The highest BCUT2D eigenvalue weighted by atomic mass is 16.5. The van der Waals surface area contributed by atoms with Crippen molar-refractivity contribution in [1.29, 1.82) is 0 Å². The van der Waals surface area contributed by atoms with E-state index in [1.54, 1.807) is 0 Å². The molecule has 1 aliphatic carbocycles. The minimum absolute atomic E-state index is 0.170. The molecule has 112 valence electrons. The molecule has 0 aliphatic heterocycles. The van der Waals surface area contributed by atoms with Gasteiger partial charge in [-0.15, -0.1) is 0 Å². The summed E-state index contributed by atoms with van der Waals surface area (Å²) in [7, 11) is 3.45. The van der Waals surface area contributed by atoms with E-state index in [1.807, 2.05) is 7.05 Å². The van der Waals surface area contributed by atoms with Gasteiger partial charge in [0, 0.05) is 6.04 Å². The van der Waals surface area contributed by atoms with Crippen molar-refractivity contribution in [2.45, 2.75) is 46.1 Å². The average molecular weight is 270 g/mol. The van der Waals surface area contributed by atoms with E-state index < -0.39 is 0 Å². The number of hydrogen-bond acceptors (Lipinski definition) is 4. The molecule has 3 atom stereocenters. The zero-order valence-electron chi connectivity index (χ0n) is 13.1. The Labute approximate surface area is 117 Å². The Morgan fingerprint density at radius 2 is 2.00 bits per heavy atom. The molecule has 0 aromatic heterocycles. The summed E-state index contributed by atoms with van der Waals surface area (Å²) < 4.78 is 4.76. The van der Waals surface area contributed by atoms with Crippen molar-refractivity contribution < 1.29 is 9.53 Å². The molecule has 0 bridgehead atoms. The third kappa shape index (κ3) is 4.46. The summed E-state index contributed by atoms with van der Waals surface area (Å²) in [5.41, 5.74) is 6.23. The molecule has 2 N–H and O–H groups in total. The van der Waals surface area contributed by atoms with Gasteiger partial charge < -0.3 is 10.5 Å². The highest BCUT2D eigenvalue weighted by Crippen LogP contribution is 2.41. The lowest BCUT2D eigenvalue weighted by atomic mass is 9.67. The highest BCUT2D eigenvalue weighted by molar-refractivity contribution is 5.71. The monoisotopic (exact) mass is 270 g/mol. The molecule has 1 saturated carbocycles. The first kappa shape index (κ1) is 16.4. The van der Waals surface area contributed by atoms with Crippen LogP contribution in [0.3, 0.4) is 0 Å². The van der Waals surface area contributed by atoms with Crippen LogP contribution in [0.5, 0.6) is 0 Å². The summed E-state index contributed by atoms with van der Waals surface area (Å²) >= 11 is 0. The predicted molar refractivity (Wildman–Crippen MR) is 77.8 cm³/mol. The minimum Gasteiger partial charge on any atom is -0.468 e. The maximum absolute atomic E-state index is 11.4.